The molecule has 0 aliphatic heterocycles. The minimum absolute atomic E-state index is 0.572. The number of para-hydroxylation sites is 1. The quantitative estimate of drug-likeness (QED) is 0.616. The van der Waals surface area contributed by atoms with Crippen LogP contribution in [0.2, 0.25) is 0 Å². The first kappa shape index (κ1) is 15.3. The van der Waals surface area contributed by atoms with Crippen molar-refractivity contribution in [3.05, 3.63) is 59.3 Å². The van der Waals surface area contributed by atoms with Gasteiger partial charge >= 0.3 is 0 Å². The van der Waals surface area contributed by atoms with Crippen molar-refractivity contribution in [1.82, 2.24) is 24.6 Å². The second-order valence-electron chi connectivity index (χ2n) is 6.84. The summed E-state index contributed by atoms with van der Waals surface area (Å²) < 4.78 is 1.71. The van der Waals surface area contributed by atoms with Crippen molar-refractivity contribution in [2.75, 3.05) is 5.32 Å². The molecule has 0 radical (unpaired) electrons. The summed E-state index contributed by atoms with van der Waals surface area (Å²) in [5.41, 5.74) is 6.11. The van der Waals surface area contributed by atoms with E-state index in [0.717, 1.165) is 24.2 Å². The van der Waals surface area contributed by atoms with Crippen LogP contribution in [-0.4, -0.2) is 24.6 Å². The van der Waals surface area contributed by atoms with Gasteiger partial charge in [0, 0.05) is 29.2 Å². The van der Waals surface area contributed by atoms with Crippen LogP contribution >= 0.6 is 0 Å². The summed E-state index contributed by atoms with van der Waals surface area (Å²) in [6.07, 6.45) is 8.18. The Morgan fingerprint density at radius 2 is 2.04 bits per heavy atom. The second kappa shape index (κ2) is 6.05. The highest BCUT2D eigenvalue weighted by molar-refractivity contribution is 5.95. The number of pyridine rings is 1. The van der Waals surface area contributed by atoms with Gasteiger partial charge in [-0.15, -0.1) is 5.10 Å². The molecule has 0 spiro atoms. The molecule has 0 fully saturated rings. The Hall–Kier alpha value is -3.02. The van der Waals surface area contributed by atoms with Gasteiger partial charge in [-0.1, -0.05) is 18.2 Å². The lowest BCUT2D eigenvalue weighted by Gasteiger charge is -2.22. The monoisotopic (exact) mass is 344 g/mol. The largest absolute Gasteiger partial charge is 0.377 e. The third kappa shape index (κ3) is 2.49. The van der Waals surface area contributed by atoms with E-state index in [4.69, 9.17) is 4.98 Å². The summed E-state index contributed by atoms with van der Waals surface area (Å²) in [6, 6.07) is 8.25. The Bertz CT molecular complexity index is 1080. The molecule has 5 rings (SSSR count). The zero-order valence-electron chi connectivity index (χ0n) is 14.7. The van der Waals surface area contributed by atoms with Gasteiger partial charge in [0.15, 0.2) is 5.82 Å². The number of hydrogen-bond acceptors (Lipinski definition) is 5. The molecule has 0 amide bonds. The van der Waals surface area contributed by atoms with E-state index in [1.54, 1.807) is 10.7 Å². The number of hydrogen-bond donors (Lipinski definition) is 1. The van der Waals surface area contributed by atoms with Crippen LogP contribution in [0.25, 0.3) is 16.7 Å². The predicted octanol–water partition coefficient (Wildman–Crippen LogP) is 3.47. The Labute approximate surface area is 151 Å². The van der Waals surface area contributed by atoms with E-state index in [1.165, 1.54) is 40.7 Å². The minimum atomic E-state index is 0.572. The zero-order chi connectivity index (χ0) is 17.5. The Morgan fingerprint density at radius 1 is 1.12 bits per heavy atom. The van der Waals surface area contributed by atoms with Crippen molar-refractivity contribution in [2.24, 2.45) is 0 Å². The summed E-state index contributed by atoms with van der Waals surface area (Å²) in [5, 5.41) is 9.30. The second-order valence-corrected chi connectivity index (χ2v) is 6.84. The lowest BCUT2D eigenvalue weighted by atomic mass is 9.92. The first-order valence-electron chi connectivity index (χ1n) is 9.11. The van der Waals surface area contributed by atoms with Gasteiger partial charge in [-0.3, -0.25) is 4.98 Å². The number of aryl methyl sites for hydroxylation is 2. The van der Waals surface area contributed by atoms with E-state index < -0.39 is 0 Å². The highest BCUT2D eigenvalue weighted by atomic mass is 15.3. The fourth-order valence-electron chi connectivity index (χ4n) is 3.81. The maximum absolute atomic E-state index is 4.98. The normalized spacial score (nSPS) is 13.9. The number of rotatable bonds is 3. The number of benzene rings is 1. The summed E-state index contributed by atoms with van der Waals surface area (Å²) in [4.78, 5) is 13.7. The molecule has 1 aliphatic carbocycles. The smallest absolute Gasteiger partial charge is 0.252 e. The fraction of sp³-hybridized carbons (Fsp3) is 0.300. The highest BCUT2D eigenvalue weighted by Gasteiger charge is 2.19. The van der Waals surface area contributed by atoms with Gasteiger partial charge in [-0.25, -0.2) is 9.50 Å². The van der Waals surface area contributed by atoms with Crippen LogP contribution in [0.15, 0.2) is 36.7 Å². The molecule has 0 unspecified atom stereocenters. The summed E-state index contributed by atoms with van der Waals surface area (Å²) in [7, 11) is 0. The topological polar surface area (TPSA) is 68.0 Å². The van der Waals surface area contributed by atoms with E-state index in [0.29, 0.717) is 12.3 Å². The standard InChI is InChI=1S/C20H20N6/c1-13-6-4-8-15-18(13)23-16-9-3-2-7-14(16)19(15)22-12-17-24-20-21-10-5-11-26(20)25-17/h4-6,8,10-11H,2-3,7,9,12H2,1H3,(H,22,23). The summed E-state index contributed by atoms with van der Waals surface area (Å²) >= 11 is 0. The van der Waals surface area contributed by atoms with Crippen LogP contribution in [-0.2, 0) is 19.4 Å². The SMILES string of the molecule is Cc1cccc2c(NCc3nc4ncccn4n3)c3c(nc12)CCCC3. The molecule has 0 bridgehead atoms. The third-order valence-electron chi connectivity index (χ3n) is 5.08. The van der Waals surface area contributed by atoms with Crippen LogP contribution in [0.3, 0.4) is 0 Å². The van der Waals surface area contributed by atoms with Gasteiger partial charge in [-0.2, -0.15) is 4.98 Å². The fourth-order valence-corrected chi connectivity index (χ4v) is 3.81. The Morgan fingerprint density at radius 3 is 2.96 bits per heavy atom. The molecule has 4 aromatic rings. The molecule has 3 aromatic heterocycles. The number of nitrogens with zero attached hydrogens (tertiary/aromatic N) is 5. The van der Waals surface area contributed by atoms with Gasteiger partial charge in [0.1, 0.15) is 0 Å². The predicted molar refractivity (Wildman–Crippen MR) is 101 cm³/mol. The molecular weight excluding hydrogens is 324 g/mol. The van der Waals surface area contributed by atoms with Gasteiger partial charge in [0.25, 0.3) is 5.78 Å². The third-order valence-corrected chi connectivity index (χ3v) is 5.08. The molecule has 130 valence electrons. The van der Waals surface area contributed by atoms with Gasteiger partial charge in [0.05, 0.1) is 12.1 Å². The van der Waals surface area contributed by atoms with Crippen LogP contribution in [0.4, 0.5) is 5.69 Å². The van der Waals surface area contributed by atoms with E-state index in [-0.39, 0.29) is 0 Å². The number of nitrogens with one attached hydrogen (secondary N) is 1. The molecule has 26 heavy (non-hydrogen) atoms. The first-order chi connectivity index (χ1) is 12.8. The lowest BCUT2D eigenvalue weighted by molar-refractivity contribution is 0.671. The Balaban J connectivity index is 1.57. The highest BCUT2D eigenvalue weighted by Crippen LogP contribution is 2.34. The molecule has 1 N–H and O–H groups in total. The summed E-state index contributed by atoms with van der Waals surface area (Å²) in [6.45, 7) is 2.70. The van der Waals surface area contributed by atoms with E-state index in [1.807, 2.05) is 12.3 Å². The molecule has 1 aliphatic rings. The van der Waals surface area contributed by atoms with Crippen molar-refractivity contribution in [3.63, 3.8) is 0 Å². The maximum atomic E-state index is 4.98. The molecular formula is C20H20N6. The molecule has 3 heterocycles. The molecule has 0 saturated carbocycles. The van der Waals surface area contributed by atoms with Crippen molar-refractivity contribution in [2.45, 2.75) is 39.2 Å². The molecule has 0 saturated heterocycles. The molecule has 6 nitrogen and oxygen atoms in total. The average Bonchev–Trinajstić information content (AvgIpc) is 3.09. The summed E-state index contributed by atoms with van der Waals surface area (Å²) in [5.74, 6) is 1.37. The van der Waals surface area contributed by atoms with Crippen LogP contribution in [0, 0.1) is 6.92 Å². The molecule has 1 aromatic carbocycles. The van der Waals surface area contributed by atoms with E-state index >= 15 is 0 Å². The average molecular weight is 344 g/mol. The number of aromatic nitrogens is 5. The number of anilines is 1. The van der Waals surface area contributed by atoms with Crippen molar-refractivity contribution < 1.29 is 0 Å². The van der Waals surface area contributed by atoms with Gasteiger partial charge in [-0.05, 0) is 49.8 Å². The first-order valence-corrected chi connectivity index (χ1v) is 9.11. The molecule has 0 atom stereocenters. The minimum Gasteiger partial charge on any atom is -0.377 e. The maximum Gasteiger partial charge on any atom is 0.252 e. The lowest BCUT2D eigenvalue weighted by Crippen LogP contribution is -2.12. The number of fused-ring (bicyclic) bond motifs is 3. The van der Waals surface area contributed by atoms with Crippen LogP contribution in [0.1, 0.15) is 35.5 Å². The van der Waals surface area contributed by atoms with Gasteiger partial charge in [0.2, 0.25) is 0 Å². The van der Waals surface area contributed by atoms with Gasteiger partial charge < -0.3 is 5.32 Å². The molecule has 6 heteroatoms. The zero-order valence-corrected chi connectivity index (χ0v) is 14.7. The van der Waals surface area contributed by atoms with Crippen molar-refractivity contribution in [3.8, 4) is 0 Å². The van der Waals surface area contributed by atoms with E-state index in [9.17, 15) is 0 Å². The van der Waals surface area contributed by atoms with Crippen LogP contribution in [0.5, 0.6) is 0 Å². The van der Waals surface area contributed by atoms with Crippen LogP contribution < -0.4 is 5.32 Å². The van der Waals surface area contributed by atoms with E-state index in [2.05, 4.69) is 45.5 Å². The Kier molecular flexibility index (Phi) is 3.55. The van der Waals surface area contributed by atoms with Crippen molar-refractivity contribution >= 4 is 22.4 Å². The van der Waals surface area contributed by atoms with Crippen molar-refractivity contribution in [1.29, 1.82) is 0 Å².